The molecule has 120 valence electrons. The van der Waals surface area contributed by atoms with Gasteiger partial charge in [-0.2, -0.15) is 0 Å². The van der Waals surface area contributed by atoms with Gasteiger partial charge in [-0.25, -0.2) is 9.59 Å². The van der Waals surface area contributed by atoms with Crippen molar-refractivity contribution in [3.8, 4) is 0 Å². The minimum atomic E-state index is -1.65. The van der Waals surface area contributed by atoms with Crippen LogP contribution in [0.25, 0.3) is 0 Å². The van der Waals surface area contributed by atoms with Crippen LogP contribution in [0.4, 0.5) is 0 Å². The first-order valence-corrected chi connectivity index (χ1v) is 6.96. The van der Waals surface area contributed by atoms with Crippen molar-refractivity contribution in [1.82, 2.24) is 0 Å². The van der Waals surface area contributed by atoms with E-state index in [1.165, 1.54) is 0 Å². The Bertz CT molecular complexity index is 395. The average Bonchev–Trinajstić information content (AvgIpc) is 2.37. The van der Waals surface area contributed by atoms with E-state index in [0.717, 1.165) is 13.3 Å². The maximum atomic E-state index is 11.5. The first-order valence-electron chi connectivity index (χ1n) is 6.29. The van der Waals surface area contributed by atoms with E-state index in [-0.39, 0.29) is 6.61 Å². The fourth-order valence-electron chi connectivity index (χ4n) is 1.17. The molecule has 8 nitrogen and oxygen atoms in total. The van der Waals surface area contributed by atoms with Crippen molar-refractivity contribution >= 4 is 33.1 Å². The van der Waals surface area contributed by atoms with Crippen molar-refractivity contribution in [2.24, 2.45) is 0 Å². The number of carboxylic acids is 1. The molecule has 0 bridgehead atoms. The number of unbranched alkanes of at least 4 members (excludes halogenated alkanes) is 1. The Morgan fingerprint density at radius 1 is 1.19 bits per heavy atom. The predicted molar refractivity (Wildman–Crippen MR) is 73.3 cm³/mol. The summed E-state index contributed by atoms with van der Waals surface area (Å²) in [6, 6.07) is 0. The molecule has 0 aliphatic rings. The topological polar surface area (TPSA) is 116 Å². The number of aliphatic carboxylic acids is 1. The molecule has 0 aromatic heterocycles. The van der Waals surface area contributed by atoms with Gasteiger partial charge in [-0.05, 0) is 6.42 Å². The first kappa shape index (κ1) is 19.3. The van der Waals surface area contributed by atoms with Gasteiger partial charge < -0.3 is 19.3 Å². The van der Waals surface area contributed by atoms with E-state index in [0.29, 0.717) is 6.42 Å². The Morgan fingerprint density at radius 2 is 1.81 bits per heavy atom. The van der Waals surface area contributed by atoms with Crippen LogP contribution in [-0.2, 0) is 33.4 Å². The van der Waals surface area contributed by atoms with Gasteiger partial charge in [-0.1, -0.05) is 22.6 Å². The minimum Gasteiger partial charge on any atom is -0.478 e. The highest BCUT2D eigenvalue weighted by Crippen LogP contribution is 2.10. The highest BCUT2D eigenvalue weighted by atomic mass is 31.0. The van der Waals surface area contributed by atoms with Crippen LogP contribution >= 0.6 is 9.24 Å². The van der Waals surface area contributed by atoms with Gasteiger partial charge >= 0.3 is 23.9 Å². The molecule has 1 unspecified atom stereocenters. The molecule has 0 amide bonds. The molecule has 1 N–H and O–H groups in total. The molecule has 21 heavy (non-hydrogen) atoms. The number of rotatable bonds is 9. The number of hydrogen-bond donors (Lipinski definition) is 1. The molecule has 0 aromatic carbocycles. The lowest BCUT2D eigenvalue weighted by Crippen LogP contribution is -2.31. The van der Waals surface area contributed by atoms with Gasteiger partial charge in [0.2, 0.25) is 11.9 Å². The maximum Gasteiger partial charge on any atom is 0.351 e. The van der Waals surface area contributed by atoms with Gasteiger partial charge in [0.15, 0.2) is 0 Å². The van der Waals surface area contributed by atoms with E-state index in [1.807, 2.05) is 16.2 Å². The number of carbonyl (C=O) groups excluding carboxylic acids is 3. The number of carbonyl (C=O) groups is 4. The maximum absolute atomic E-state index is 11.5. The number of ether oxygens (including phenoxy) is 3. The second-order valence-corrected chi connectivity index (χ2v) is 4.68. The zero-order chi connectivity index (χ0) is 16.4. The molecule has 0 rings (SSSR count). The smallest absolute Gasteiger partial charge is 0.351 e. The molecule has 3 atom stereocenters. The lowest BCUT2D eigenvalue weighted by Gasteiger charge is -2.15. The number of hydrogen-bond acceptors (Lipinski definition) is 7. The predicted octanol–water partition coefficient (Wildman–Crippen LogP) is 0.480. The Hall–Kier alpha value is -1.69. The van der Waals surface area contributed by atoms with Gasteiger partial charge in [0.25, 0.3) is 0 Å². The van der Waals surface area contributed by atoms with Crippen molar-refractivity contribution in [2.45, 2.75) is 45.1 Å². The SMILES string of the molecule is CCCCOC(=O)[C@H](P)OC(=O)C[C@H](OC(C)=O)C(=O)O. The quantitative estimate of drug-likeness (QED) is 0.282. The summed E-state index contributed by atoms with van der Waals surface area (Å²) in [5.41, 5.74) is 0. The van der Waals surface area contributed by atoms with Crippen LogP contribution in [0.15, 0.2) is 0 Å². The van der Waals surface area contributed by atoms with Crippen molar-refractivity contribution in [1.29, 1.82) is 0 Å². The number of carboxylic acid groups (broad SMARTS) is 1. The summed E-state index contributed by atoms with van der Waals surface area (Å²) in [5.74, 6) is -5.29. The zero-order valence-corrected chi connectivity index (χ0v) is 13.0. The van der Waals surface area contributed by atoms with E-state index < -0.39 is 42.2 Å². The third-order valence-electron chi connectivity index (χ3n) is 2.17. The fourth-order valence-corrected chi connectivity index (χ4v) is 1.42. The standard InChI is InChI=1S/C12H19O8P/c1-3-4-5-18-11(17)12(21)20-9(14)6-8(10(15)16)19-7(2)13/h8,12H,3-6,21H2,1-2H3,(H,15,16)/t8-,12-/m0/s1. The van der Waals surface area contributed by atoms with Crippen molar-refractivity contribution in [2.75, 3.05) is 6.61 Å². The van der Waals surface area contributed by atoms with Gasteiger partial charge in [0, 0.05) is 6.92 Å². The lowest BCUT2D eigenvalue weighted by atomic mass is 10.2. The highest BCUT2D eigenvalue weighted by Gasteiger charge is 2.27. The summed E-state index contributed by atoms with van der Waals surface area (Å²) in [7, 11) is 1.97. The van der Waals surface area contributed by atoms with E-state index >= 15 is 0 Å². The number of esters is 3. The largest absolute Gasteiger partial charge is 0.478 e. The molecular weight excluding hydrogens is 303 g/mol. The van der Waals surface area contributed by atoms with Crippen LogP contribution in [0.2, 0.25) is 0 Å². The Balaban J connectivity index is 4.29. The van der Waals surface area contributed by atoms with Crippen LogP contribution in [0.1, 0.15) is 33.1 Å². The third-order valence-corrected chi connectivity index (χ3v) is 2.58. The highest BCUT2D eigenvalue weighted by molar-refractivity contribution is 7.19. The van der Waals surface area contributed by atoms with Crippen LogP contribution in [0.5, 0.6) is 0 Å². The molecule has 0 saturated heterocycles. The summed E-state index contributed by atoms with van der Waals surface area (Å²) in [6.45, 7) is 3.15. The van der Waals surface area contributed by atoms with Gasteiger partial charge in [0.1, 0.15) is 0 Å². The molecule has 0 saturated carbocycles. The summed E-state index contributed by atoms with van der Waals surface area (Å²) in [6.07, 6.45) is -0.812. The Labute approximate surface area is 124 Å². The first-order chi connectivity index (χ1) is 9.77. The van der Waals surface area contributed by atoms with E-state index in [4.69, 9.17) is 14.6 Å². The zero-order valence-electron chi connectivity index (χ0n) is 11.9. The van der Waals surface area contributed by atoms with Crippen molar-refractivity contribution in [3.05, 3.63) is 0 Å². The second kappa shape index (κ2) is 10.1. The normalized spacial score (nSPS) is 12.9. The molecule has 0 aromatic rings. The Kier molecular flexibility index (Phi) is 9.28. The molecule has 0 aliphatic heterocycles. The monoisotopic (exact) mass is 322 g/mol. The molecule has 0 fully saturated rings. The molecule has 0 spiro atoms. The summed E-state index contributed by atoms with van der Waals surface area (Å²) < 4.78 is 14.0. The molecule has 9 heteroatoms. The van der Waals surface area contributed by atoms with Crippen LogP contribution in [0, 0.1) is 0 Å². The van der Waals surface area contributed by atoms with Crippen LogP contribution in [0.3, 0.4) is 0 Å². The molecule has 0 heterocycles. The van der Waals surface area contributed by atoms with Gasteiger partial charge in [0.05, 0.1) is 13.0 Å². The minimum absolute atomic E-state index is 0.211. The third kappa shape index (κ3) is 8.96. The second-order valence-electron chi connectivity index (χ2n) is 4.07. The van der Waals surface area contributed by atoms with E-state index in [2.05, 4.69) is 4.74 Å². The van der Waals surface area contributed by atoms with Crippen LogP contribution in [-0.4, -0.2) is 47.5 Å². The van der Waals surface area contributed by atoms with E-state index in [1.54, 1.807) is 0 Å². The summed E-state index contributed by atoms with van der Waals surface area (Å²) in [4.78, 5) is 44.4. The summed E-state index contributed by atoms with van der Waals surface area (Å²) in [5, 5.41) is 8.78. The molecule has 0 radical (unpaired) electrons. The Morgan fingerprint density at radius 3 is 2.29 bits per heavy atom. The average molecular weight is 322 g/mol. The fraction of sp³-hybridized carbons (Fsp3) is 0.667. The van der Waals surface area contributed by atoms with Crippen LogP contribution < -0.4 is 0 Å². The van der Waals surface area contributed by atoms with Crippen molar-refractivity contribution < 1.29 is 38.5 Å². The van der Waals surface area contributed by atoms with Crippen molar-refractivity contribution in [3.63, 3.8) is 0 Å². The summed E-state index contributed by atoms with van der Waals surface area (Å²) >= 11 is 0. The van der Waals surface area contributed by atoms with Gasteiger partial charge in [-0.3, -0.25) is 9.59 Å². The lowest BCUT2D eigenvalue weighted by molar-refractivity contribution is -0.170. The molecule has 0 aliphatic carbocycles. The molecular formula is C12H19O8P. The van der Waals surface area contributed by atoms with E-state index in [9.17, 15) is 19.2 Å². The van der Waals surface area contributed by atoms with Gasteiger partial charge in [-0.15, -0.1) is 0 Å².